The van der Waals surface area contributed by atoms with Gasteiger partial charge in [0.25, 0.3) is 0 Å². The monoisotopic (exact) mass is 435 g/mol. The van der Waals surface area contributed by atoms with Crippen molar-refractivity contribution in [2.24, 2.45) is 0 Å². The van der Waals surface area contributed by atoms with E-state index in [-0.39, 0.29) is 17.9 Å². The van der Waals surface area contributed by atoms with Gasteiger partial charge >= 0.3 is 5.97 Å². The average Bonchev–Trinajstić information content (AvgIpc) is 2.80. The molecule has 0 bridgehead atoms. The number of nitrogens with zero attached hydrogens (tertiary/aromatic N) is 1. The summed E-state index contributed by atoms with van der Waals surface area (Å²) in [5.41, 5.74) is 4.37. The van der Waals surface area contributed by atoms with Crippen LogP contribution in [0.2, 0.25) is 0 Å². The number of carbonyl (C=O) groups excluding carboxylic acids is 2. The number of carbonyl (C=O) groups is 2. The number of benzene rings is 2. The van der Waals surface area contributed by atoms with Crippen molar-refractivity contribution in [3.63, 3.8) is 0 Å². The highest BCUT2D eigenvalue weighted by molar-refractivity contribution is 5.94. The molecular formula is C24H25N3O5. The Labute approximate surface area is 185 Å². The summed E-state index contributed by atoms with van der Waals surface area (Å²) in [5, 5.41) is 3.42. The Hall–Kier alpha value is -3.65. The number of fused-ring (bicyclic) bond motifs is 2. The third-order valence-corrected chi connectivity index (χ3v) is 5.72. The minimum Gasteiger partial charge on any atom is -0.497 e. The summed E-state index contributed by atoms with van der Waals surface area (Å²) in [6, 6.07) is 10.2. The summed E-state index contributed by atoms with van der Waals surface area (Å²) < 4.78 is 9.99. The number of rotatable bonds is 5. The van der Waals surface area contributed by atoms with Crippen molar-refractivity contribution in [3.8, 4) is 5.75 Å². The normalized spacial score (nSPS) is 13.5. The van der Waals surface area contributed by atoms with Crippen LogP contribution in [0.3, 0.4) is 0 Å². The SMILES string of the molecule is COC(=O)c1ccc(NC(=O)CN2CCc3[nH]c4c(C)cc(OC)cc4c(=O)c3C2)cc1. The number of pyridine rings is 1. The summed E-state index contributed by atoms with van der Waals surface area (Å²) in [5.74, 6) is 0.0279. The lowest BCUT2D eigenvalue weighted by atomic mass is 10.0. The summed E-state index contributed by atoms with van der Waals surface area (Å²) in [6.45, 7) is 3.17. The zero-order valence-corrected chi connectivity index (χ0v) is 18.3. The molecule has 3 aromatic rings. The summed E-state index contributed by atoms with van der Waals surface area (Å²) in [7, 11) is 2.90. The number of methoxy groups -OCH3 is 2. The zero-order chi connectivity index (χ0) is 22.8. The third-order valence-electron chi connectivity index (χ3n) is 5.72. The maximum atomic E-state index is 13.2. The van der Waals surface area contributed by atoms with E-state index in [4.69, 9.17) is 4.74 Å². The molecule has 1 amide bonds. The minimum absolute atomic E-state index is 0.0285. The molecule has 8 heteroatoms. The first kappa shape index (κ1) is 21.6. The number of aryl methyl sites for hydroxylation is 1. The van der Waals surface area contributed by atoms with Crippen molar-refractivity contribution >= 4 is 28.5 Å². The van der Waals surface area contributed by atoms with Crippen molar-refractivity contribution in [3.05, 3.63) is 69.0 Å². The second kappa shape index (κ2) is 8.84. The van der Waals surface area contributed by atoms with Gasteiger partial charge in [0, 0.05) is 41.8 Å². The van der Waals surface area contributed by atoms with Crippen LogP contribution in [0.25, 0.3) is 10.9 Å². The molecule has 8 nitrogen and oxygen atoms in total. The van der Waals surface area contributed by atoms with Crippen LogP contribution in [-0.4, -0.2) is 49.1 Å². The molecule has 0 radical (unpaired) electrons. The van der Waals surface area contributed by atoms with Crippen LogP contribution < -0.4 is 15.5 Å². The standard InChI is InChI=1S/C24H25N3O5/c1-14-10-17(31-2)11-18-22(14)26-20-8-9-27(12-19(20)23(18)29)13-21(28)25-16-6-4-15(5-7-16)24(30)32-3/h4-7,10-11H,8-9,12-13H2,1-3H3,(H,25,28)(H,26,29). The smallest absolute Gasteiger partial charge is 0.337 e. The molecule has 2 heterocycles. The molecule has 2 aromatic carbocycles. The number of hydrogen-bond donors (Lipinski definition) is 2. The molecule has 166 valence electrons. The van der Waals surface area contributed by atoms with Crippen LogP contribution in [-0.2, 0) is 22.5 Å². The number of ether oxygens (including phenoxy) is 2. The lowest BCUT2D eigenvalue weighted by Gasteiger charge is -2.28. The van der Waals surface area contributed by atoms with E-state index in [0.29, 0.717) is 47.5 Å². The first-order valence-electron chi connectivity index (χ1n) is 10.3. The van der Waals surface area contributed by atoms with Gasteiger partial charge in [-0.15, -0.1) is 0 Å². The molecule has 32 heavy (non-hydrogen) atoms. The molecule has 0 aliphatic carbocycles. The molecule has 1 aromatic heterocycles. The van der Waals surface area contributed by atoms with E-state index in [1.54, 1.807) is 37.4 Å². The first-order chi connectivity index (χ1) is 15.4. The van der Waals surface area contributed by atoms with E-state index in [1.807, 2.05) is 17.9 Å². The van der Waals surface area contributed by atoms with Gasteiger partial charge in [-0.05, 0) is 48.9 Å². The van der Waals surface area contributed by atoms with Gasteiger partial charge < -0.3 is 19.8 Å². The van der Waals surface area contributed by atoms with E-state index >= 15 is 0 Å². The number of hydrogen-bond acceptors (Lipinski definition) is 6. The molecule has 0 atom stereocenters. The van der Waals surface area contributed by atoms with Gasteiger partial charge in [0.05, 0.1) is 31.8 Å². The largest absolute Gasteiger partial charge is 0.497 e. The van der Waals surface area contributed by atoms with Crippen LogP contribution in [0.5, 0.6) is 5.75 Å². The van der Waals surface area contributed by atoms with Gasteiger partial charge in [0.1, 0.15) is 5.75 Å². The Kier molecular flexibility index (Phi) is 5.96. The molecule has 0 saturated carbocycles. The fraction of sp³-hybridized carbons (Fsp3) is 0.292. The molecule has 2 N–H and O–H groups in total. The minimum atomic E-state index is -0.430. The second-order valence-electron chi connectivity index (χ2n) is 7.86. The summed E-state index contributed by atoms with van der Waals surface area (Å²) >= 11 is 0. The van der Waals surface area contributed by atoms with Gasteiger partial charge in [-0.3, -0.25) is 14.5 Å². The number of H-pyrrole nitrogens is 1. The average molecular weight is 435 g/mol. The number of amides is 1. The van der Waals surface area contributed by atoms with E-state index < -0.39 is 5.97 Å². The molecule has 1 aliphatic rings. The van der Waals surface area contributed by atoms with E-state index in [1.165, 1.54) is 7.11 Å². The number of anilines is 1. The van der Waals surface area contributed by atoms with E-state index in [2.05, 4.69) is 15.0 Å². The quantitative estimate of drug-likeness (QED) is 0.598. The van der Waals surface area contributed by atoms with Crippen LogP contribution in [0.15, 0.2) is 41.2 Å². The predicted molar refractivity (Wildman–Crippen MR) is 121 cm³/mol. The van der Waals surface area contributed by atoms with Crippen LogP contribution in [0, 0.1) is 6.92 Å². The fourth-order valence-electron chi connectivity index (χ4n) is 4.04. The number of aromatic amines is 1. The molecular weight excluding hydrogens is 410 g/mol. The predicted octanol–water partition coefficient (Wildman–Crippen LogP) is 2.63. The summed E-state index contributed by atoms with van der Waals surface area (Å²) in [6.07, 6.45) is 0.660. The lowest BCUT2D eigenvalue weighted by Crippen LogP contribution is -2.39. The van der Waals surface area contributed by atoms with Crippen LogP contribution >= 0.6 is 0 Å². The van der Waals surface area contributed by atoms with Crippen molar-refractivity contribution in [1.29, 1.82) is 0 Å². The zero-order valence-electron chi connectivity index (χ0n) is 18.3. The second-order valence-corrected chi connectivity index (χ2v) is 7.86. The van der Waals surface area contributed by atoms with Gasteiger partial charge in [-0.25, -0.2) is 4.79 Å². The van der Waals surface area contributed by atoms with Gasteiger partial charge in [-0.1, -0.05) is 0 Å². The van der Waals surface area contributed by atoms with Crippen molar-refractivity contribution in [1.82, 2.24) is 9.88 Å². The van der Waals surface area contributed by atoms with E-state index in [0.717, 1.165) is 16.8 Å². The Morgan fingerprint density at radius 3 is 2.59 bits per heavy atom. The molecule has 0 unspecified atom stereocenters. The molecule has 4 rings (SSSR count). The van der Waals surface area contributed by atoms with E-state index in [9.17, 15) is 14.4 Å². The Morgan fingerprint density at radius 2 is 1.91 bits per heavy atom. The topological polar surface area (TPSA) is 101 Å². The van der Waals surface area contributed by atoms with Crippen LogP contribution in [0.4, 0.5) is 5.69 Å². The maximum Gasteiger partial charge on any atom is 0.337 e. The third kappa shape index (κ3) is 4.22. The Morgan fingerprint density at radius 1 is 1.16 bits per heavy atom. The highest BCUT2D eigenvalue weighted by Crippen LogP contribution is 2.24. The fourth-order valence-corrected chi connectivity index (χ4v) is 4.04. The number of aromatic nitrogens is 1. The van der Waals surface area contributed by atoms with Crippen LogP contribution in [0.1, 0.15) is 27.2 Å². The first-order valence-corrected chi connectivity index (χ1v) is 10.3. The molecule has 1 aliphatic heterocycles. The molecule has 0 fully saturated rings. The Balaban J connectivity index is 1.48. The van der Waals surface area contributed by atoms with Gasteiger partial charge in [0.2, 0.25) is 5.91 Å². The number of nitrogens with one attached hydrogen (secondary N) is 2. The Bertz CT molecular complexity index is 1250. The van der Waals surface area contributed by atoms with Crippen molar-refractivity contribution in [2.45, 2.75) is 19.9 Å². The van der Waals surface area contributed by atoms with Crippen molar-refractivity contribution < 1.29 is 19.1 Å². The highest BCUT2D eigenvalue weighted by atomic mass is 16.5. The van der Waals surface area contributed by atoms with Gasteiger partial charge in [-0.2, -0.15) is 0 Å². The highest BCUT2D eigenvalue weighted by Gasteiger charge is 2.23. The van der Waals surface area contributed by atoms with Crippen molar-refractivity contribution in [2.75, 3.05) is 32.6 Å². The molecule has 0 spiro atoms. The lowest BCUT2D eigenvalue weighted by molar-refractivity contribution is -0.117. The number of esters is 1. The summed E-state index contributed by atoms with van der Waals surface area (Å²) in [4.78, 5) is 42.6. The molecule has 0 saturated heterocycles. The maximum absolute atomic E-state index is 13.2. The van der Waals surface area contributed by atoms with Gasteiger partial charge in [0.15, 0.2) is 5.43 Å².